The lowest BCUT2D eigenvalue weighted by Crippen LogP contribution is -2.36. The van der Waals surface area contributed by atoms with Crippen molar-refractivity contribution >= 4 is 39.2 Å². The topological polar surface area (TPSA) is 70.2 Å². The summed E-state index contributed by atoms with van der Waals surface area (Å²) in [7, 11) is 0. The van der Waals surface area contributed by atoms with Crippen LogP contribution in [0.5, 0.6) is 0 Å². The smallest absolute Gasteiger partial charge is 0.319 e. The van der Waals surface area contributed by atoms with Crippen molar-refractivity contribution in [3.8, 4) is 0 Å². The Morgan fingerprint density at radius 1 is 1.00 bits per heavy atom. The van der Waals surface area contributed by atoms with Gasteiger partial charge in [0.15, 0.2) is 0 Å². The second kappa shape index (κ2) is 7.68. The van der Waals surface area contributed by atoms with E-state index in [4.69, 9.17) is 0 Å². The van der Waals surface area contributed by atoms with Crippen molar-refractivity contribution < 1.29 is 18.4 Å². The van der Waals surface area contributed by atoms with E-state index in [1.165, 1.54) is 0 Å². The maximum Gasteiger partial charge on any atom is 0.319 e. The molecule has 3 N–H and O–H groups in total. The molecule has 0 atom stereocenters. The highest BCUT2D eigenvalue weighted by Crippen LogP contribution is 2.15. The first-order valence-corrected chi connectivity index (χ1v) is 7.28. The highest BCUT2D eigenvalue weighted by molar-refractivity contribution is 9.10. The average Bonchev–Trinajstić information content (AvgIpc) is 2.50. The number of hydrogen-bond acceptors (Lipinski definition) is 2. The molecule has 120 valence electrons. The molecular formula is C15H12BrF2N3O2. The number of carbonyl (C=O) groups excluding carboxylic acids is 2. The van der Waals surface area contributed by atoms with E-state index in [0.717, 1.165) is 16.6 Å². The van der Waals surface area contributed by atoms with Crippen LogP contribution in [0.15, 0.2) is 46.9 Å². The van der Waals surface area contributed by atoms with E-state index in [1.807, 2.05) is 0 Å². The van der Waals surface area contributed by atoms with E-state index in [2.05, 4.69) is 31.9 Å². The van der Waals surface area contributed by atoms with Crippen molar-refractivity contribution in [3.63, 3.8) is 0 Å². The quantitative estimate of drug-likeness (QED) is 0.756. The molecule has 3 amide bonds. The Bertz CT molecular complexity index is 723. The predicted octanol–water partition coefficient (Wildman–Crippen LogP) is 3.49. The van der Waals surface area contributed by atoms with Gasteiger partial charge in [-0.3, -0.25) is 4.79 Å². The molecule has 0 aromatic heterocycles. The maximum absolute atomic E-state index is 13.4. The van der Waals surface area contributed by atoms with Crippen LogP contribution in [0.4, 0.5) is 25.0 Å². The fraction of sp³-hybridized carbons (Fsp3) is 0.0667. The largest absolute Gasteiger partial charge is 0.329 e. The minimum atomic E-state index is -0.903. The van der Waals surface area contributed by atoms with E-state index in [-0.39, 0.29) is 12.2 Å². The number of rotatable bonds is 4. The van der Waals surface area contributed by atoms with Crippen molar-refractivity contribution in [1.82, 2.24) is 5.32 Å². The van der Waals surface area contributed by atoms with Gasteiger partial charge in [0.1, 0.15) is 11.6 Å². The van der Waals surface area contributed by atoms with E-state index in [0.29, 0.717) is 11.8 Å². The van der Waals surface area contributed by atoms with Crippen LogP contribution in [0.1, 0.15) is 0 Å². The van der Waals surface area contributed by atoms with Crippen LogP contribution in [0.3, 0.4) is 0 Å². The zero-order valence-electron chi connectivity index (χ0n) is 11.7. The van der Waals surface area contributed by atoms with Gasteiger partial charge in [0.25, 0.3) is 0 Å². The van der Waals surface area contributed by atoms with Gasteiger partial charge < -0.3 is 16.0 Å². The third-order valence-electron chi connectivity index (χ3n) is 2.72. The zero-order valence-corrected chi connectivity index (χ0v) is 13.3. The van der Waals surface area contributed by atoms with Gasteiger partial charge in [-0.1, -0.05) is 15.9 Å². The Morgan fingerprint density at radius 3 is 2.35 bits per heavy atom. The normalized spacial score (nSPS) is 10.0. The molecule has 2 aromatic rings. The molecule has 23 heavy (non-hydrogen) atoms. The summed E-state index contributed by atoms with van der Waals surface area (Å²) in [5.74, 6) is -2.09. The van der Waals surface area contributed by atoms with Gasteiger partial charge in [0.2, 0.25) is 5.91 Å². The summed E-state index contributed by atoms with van der Waals surface area (Å²) < 4.78 is 27.0. The van der Waals surface area contributed by atoms with Crippen molar-refractivity contribution in [2.45, 2.75) is 0 Å². The van der Waals surface area contributed by atoms with E-state index >= 15 is 0 Å². The summed E-state index contributed by atoms with van der Waals surface area (Å²) >= 11 is 3.27. The number of amides is 3. The number of halogens is 3. The van der Waals surface area contributed by atoms with Gasteiger partial charge in [-0.2, -0.15) is 0 Å². The molecule has 0 aliphatic heterocycles. The van der Waals surface area contributed by atoms with Crippen molar-refractivity contribution in [1.29, 1.82) is 0 Å². The molecular weight excluding hydrogens is 372 g/mol. The Morgan fingerprint density at radius 2 is 1.70 bits per heavy atom. The SMILES string of the molecule is O=C(CNC(=O)Nc1ccc(F)cc1F)Nc1ccc(Br)cc1. The first kappa shape index (κ1) is 16.9. The molecule has 0 aliphatic rings. The van der Waals surface area contributed by atoms with Gasteiger partial charge in [0, 0.05) is 16.2 Å². The number of benzene rings is 2. The first-order chi connectivity index (χ1) is 10.9. The van der Waals surface area contributed by atoms with Crippen LogP contribution >= 0.6 is 15.9 Å². The number of carbonyl (C=O) groups is 2. The van der Waals surface area contributed by atoms with Gasteiger partial charge in [-0.05, 0) is 36.4 Å². The summed E-state index contributed by atoms with van der Waals surface area (Å²) in [5, 5.41) is 7.04. The lowest BCUT2D eigenvalue weighted by molar-refractivity contribution is -0.115. The molecule has 0 aliphatic carbocycles. The van der Waals surface area contributed by atoms with Crippen molar-refractivity contribution in [2.75, 3.05) is 17.2 Å². The standard InChI is InChI=1S/C15H12BrF2N3O2/c16-9-1-4-11(5-2-9)20-14(22)8-19-15(23)21-13-6-3-10(17)7-12(13)18/h1-7H,8H2,(H,20,22)(H2,19,21,23). The molecule has 5 nitrogen and oxygen atoms in total. The number of hydrogen-bond donors (Lipinski definition) is 3. The van der Waals surface area contributed by atoms with Gasteiger partial charge in [-0.25, -0.2) is 13.6 Å². The van der Waals surface area contributed by atoms with Crippen LogP contribution < -0.4 is 16.0 Å². The molecule has 0 heterocycles. The predicted molar refractivity (Wildman–Crippen MR) is 86.2 cm³/mol. The fourth-order valence-corrected chi connectivity index (χ4v) is 1.92. The van der Waals surface area contributed by atoms with Gasteiger partial charge in [-0.15, -0.1) is 0 Å². The molecule has 0 unspecified atom stereocenters. The molecule has 0 spiro atoms. The highest BCUT2D eigenvalue weighted by atomic mass is 79.9. The zero-order chi connectivity index (χ0) is 16.8. The number of anilines is 2. The maximum atomic E-state index is 13.4. The van der Waals surface area contributed by atoms with Crippen molar-refractivity contribution in [3.05, 3.63) is 58.6 Å². The molecule has 0 saturated carbocycles. The molecule has 0 radical (unpaired) electrons. The van der Waals surface area contributed by atoms with E-state index in [9.17, 15) is 18.4 Å². The second-order valence-electron chi connectivity index (χ2n) is 4.49. The fourth-order valence-electron chi connectivity index (χ4n) is 1.66. The second-order valence-corrected chi connectivity index (χ2v) is 5.40. The molecule has 8 heteroatoms. The Balaban J connectivity index is 1.81. The van der Waals surface area contributed by atoms with Gasteiger partial charge >= 0.3 is 6.03 Å². The summed E-state index contributed by atoms with van der Waals surface area (Å²) in [6.45, 7) is -0.301. The van der Waals surface area contributed by atoms with Crippen LogP contribution in [0, 0.1) is 11.6 Å². The summed E-state index contributed by atoms with van der Waals surface area (Å²) in [6, 6.07) is 8.87. The lowest BCUT2D eigenvalue weighted by Gasteiger charge is -2.09. The summed E-state index contributed by atoms with van der Waals surface area (Å²) in [6.07, 6.45) is 0. The molecule has 0 fully saturated rings. The number of nitrogens with one attached hydrogen (secondary N) is 3. The number of urea groups is 1. The van der Waals surface area contributed by atoms with Crippen LogP contribution in [0.2, 0.25) is 0 Å². The average molecular weight is 384 g/mol. The summed E-state index contributed by atoms with van der Waals surface area (Å²) in [4.78, 5) is 23.3. The first-order valence-electron chi connectivity index (χ1n) is 6.49. The highest BCUT2D eigenvalue weighted by Gasteiger charge is 2.09. The van der Waals surface area contributed by atoms with Crippen molar-refractivity contribution in [2.24, 2.45) is 0 Å². The van der Waals surface area contributed by atoms with Gasteiger partial charge in [0.05, 0.1) is 12.2 Å². The molecule has 0 saturated heterocycles. The van der Waals surface area contributed by atoms with E-state index in [1.54, 1.807) is 24.3 Å². The summed E-state index contributed by atoms with van der Waals surface area (Å²) in [5.41, 5.74) is 0.391. The molecule has 2 aromatic carbocycles. The minimum absolute atomic E-state index is 0.183. The third kappa shape index (κ3) is 5.33. The van der Waals surface area contributed by atoms with E-state index < -0.39 is 23.6 Å². The van der Waals surface area contributed by atoms with Crippen LogP contribution in [-0.2, 0) is 4.79 Å². The third-order valence-corrected chi connectivity index (χ3v) is 3.25. The monoisotopic (exact) mass is 383 g/mol. The molecule has 0 bridgehead atoms. The molecule has 2 rings (SSSR count). The Labute approximate surface area is 139 Å². The Hall–Kier alpha value is -2.48. The minimum Gasteiger partial charge on any atom is -0.329 e. The lowest BCUT2D eigenvalue weighted by atomic mass is 10.3. The van der Waals surface area contributed by atoms with Crippen LogP contribution in [0.25, 0.3) is 0 Å². The van der Waals surface area contributed by atoms with Crippen LogP contribution in [-0.4, -0.2) is 18.5 Å². The Kier molecular flexibility index (Phi) is 5.64.